The fraction of sp³-hybridized carbons (Fsp3) is 0.800. The van der Waals surface area contributed by atoms with Crippen LogP contribution in [0.15, 0.2) is 12.7 Å². The lowest BCUT2D eigenvalue weighted by atomic mass is 9.99. The first-order chi connectivity index (χ1) is 7.51. The molecule has 0 radical (unpaired) electrons. The predicted molar refractivity (Wildman–Crippen MR) is 54.5 cm³/mol. The SMILES string of the molecule is C=CC(C)O[C@@H]1O[C@H](CO)[C@@H](O)[C@H](O)[C@H]1O. The molecule has 1 rings (SSSR count). The van der Waals surface area contributed by atoms with Crippen LogP contribution in [-0.4, -0.2) is 63.8 Å². The zero-order valence-corrected chi connectivity index (χ0v) is 9.06. The van der Waals surface area contributed by atoms with Gasteiger partial charge in [0, 0.05) is 0 Å². The van der Waals surface area contributed by atoms with Crippen molar-refractivity contribution < 1.29 is 29.9 Å². The molecule has 0 bridgehead atoms. The van der Waals surface area contributed by atoms with Gasteiger partial charge in [-0.2, -0.15) is 0 Å². The summed E-state index contributed by atoms with van der Waals surface area (Å²) in [5, 5.41) is 37.5. The van der Waals surface area contributed by atoms with Gasteiger partial charge in [0.15, 0.2) is 6.29 Å². The second kappa shape index (κ2) is 5.72. The van der Waals surface area contributed by atoms with Gasteiger partial charge in [-0.3, -0.25) is 0 Å². The van der Waals surface area contributed by atoms with E-state index in [0.717, 1.165) is 0 Å². The third-order valence-electron chi connectivity index (χ3n) is 2.53. The average Bonchev–Trinajstić information content (AvgIpc) is 2.29. The van der Waals surface area contributed by atoms with Crippen molar-refractivity contribution in [1.29, 1.82) is 0 Å². The van der Waals surface area contributed by atoms with E-state index < -0.39 is 37.3 Å². The summed E-state index contributed by atoms with van der Waals surface area (Å²) in [5.74, 6) is 0. The van der Waals surface area contributed by atoms with Crippen molar-refractivity contribution in [3.8, 4) is 0 Å². The smallest absolute Gasteiger partial charge is 0.187 e. The molecule has 0 aromatic heterocycles. The Morgan fingerprint density at radius 3 is 2.44 bits per heavy atom. The first-order valence-corrected chi connectivity index (χ1v) is 5.09. The number of aliphatic hydroxyl groups excluding tert-OH is 4. The maximum atomic E-state index is 9.59. The van der Waals surface area contributed by atoms with Gasteiger partial charge in [0.1, 0.15) is 24.4 Å². The summed E-state index contributed by atoms with van der Waals surface area (Å²) in [6.07, 6.45) is -5.04. The van der Waals surface area contributed by atoms with E-state index in [0.29, 0.717) is 0 Å². The number of aliphatic hydroxyl groups is 4. The Morgan fingerprint density at radius 1 is 1.31 bits per heavy atom. The van der Waals surface area contributed by atoms with Crippen LogP contribution in [-0.2, 0) is 9.47 Å². The van der Waals surface area contributed by atoms with E-state index in [2.05, 4.69) is 6.58 Å². The summed E-state index contributed by atoms with van der Waals surface area (Å²) < 4.78 is 10.4. The van der Waals surface area contributed by atoms with Crippen LogP contribution in [0.25, 0.3) is 0 Å². The van der Waals surface area contributed by atoms with Gasteiger partial charge >= 0.3 is 0 Å². The van der Waals surface area contributed by atoms with Crippen LogP contribution in [0.3, 0.4) is 0 Å². The molecule has 1 saturated heterocycles. The lowest BCUT2D eigenvalue weighted by Gasteiger charge is -2.40. The highest BCUT2D eigenvalue weighted by atomic mass is 16.7. The van der Waals surface area contributed by atoms with Crippen LogP contribution in [0.2, 0.25) is 0 Å². The van der Waals surface area contributed by atoms with Gasteiger partial charge < -0.3 is 29.9 Å². The summed E-state index contributed by atoms with van der Waals surface area (Å²) in [6.45, 7) is 4.72. The van der Waals surface area contributed by atoms with E-state index in [-0.39, 0.29) is 6.10 Å². The molecule has 1 heterocycles. The van der Waals surface area contributed by atoms with Gasteiger partial charge in [-0.05, 0) is 6.92 Å². The van der Waals surface area contributed by atoms with E-state index in [9.17, 15) is 15.3 Å². The summed E-state index contributed by atoms with van der Waals surface area (Å²) >= 11 is 0. The molecular formula is C10H18O6. The summed E-state index contributed by atoms with van der Waals surface area (Å²) in [5.41, 5.74) is 0. The van der Waals surface area contributed by atoms with Gasteiger partial charge in [-0.1, -0.05) is 6.08 Å². The number of rotatable bonds is 4. The second-order valence-electron chi connectivity index (χ2n) is 3.77. The molecule has 4 N–H and O–H groups in total. The van der Waals surface area contributed by atoms with Gasteiger partial charge in [-0.25, -0.2) is 0 Å². The summed E-state index contributed by atoms with van der Waals surface area (Å²) in [4.78, 5) is 0. The van der Waals surface area contributed by atoms with Crippen molar-refractivity contribution in [3.63, 3.8) is 0 Å². The third kappa shape index (κ3) is 2.79. The van der Waals surface area contributed by atoms with E-state index >= 15 is 0 Å². The Labute approximate surface area is 93.7 Å². The minimum atomic E-state index is -1.41. The molecule has 6 heteroatoms. The molecule has 1 unspecified atom stereocenters. The fourth-order valence-electron chi connectivity index (χ4n) is 1.45. The molecule has 0 saturated carbocycles. The molecular weight excluding hydrogens is 216 g/mol. The molecule has 0 amide bonds. The number of hydrogen-bond acceptors (Lipinski definition) is 6. The largest absolute Gasteiger partial charge is 0.394 e. The Kier molecular flexibility index (Phi) is 4.85. The zero-order chi connectivity index (χ0) is 12.3. The van der Waals surface area contributed by atoms with Crippen LogP contribution in [0.5, 0.6) is 0 Å². The first kappa shape index (κ1) is 13.6. The quantitative estimate of drug-likeness (QED) is 0.436. The highest BCUT2D eigenvalue weighted by Crippen LogP contribution is 2.22. The highest BCUT2D eigenvalue weighted by Gasteiger charge is 2.44. The molecule has 6 nitrogen and oxygen atoms in total. The molecule has 6 atom stereocenters. The van der Waals surface area contributed by atoms with Gasteiger partial charge in [0.25, 0.3) is 0 Å². The van der Waals surface area contributed by atoms with E-state index in [4.69, 9.17) is 14.6 Å². The number of ether oxygens (including phenoxy) is 2. The number of hydrogen-bond donors (Lipinski definition) is 4. The lowest BCUT2D eigenvalue weighted by Crippen LogP contribution is -2.59. The van der Waals surface area contributed by atoms with Crippen molar-refractivity contribution in [2.75, 3.05) is 6.61 Å². The maximum absolute atomic E-state index is 9.59. The van der Waals surface area contributed by atoms with Crippen LogP contribution < -0.4 is 0 Å². The monoisotopic (exact) mass is 234 g/mol. The molecule has 0 aliphatic carbocycles. The Balaban J connectivity index is 2.66. The van der Waals surface area contributed by atoms with Crippen LogP contribution in [0.4, 0.5) is 0 Å². The normalized spacial score (nSPS) is 41.7. The van der Waals surface area contributed by atoms with E-state index in [1.807, 2.05) is 0 Å². The van der Waals surface area contributed by atoms with Gasteiger partial charge in [0.2, 0.25) is 0 Å². The average molecular weight is 234 g/mol. The first-order valence-electron chi connectivity index (χ1n) is 5.09. The summed E-state index contributed by atoms with van der Waals surface area (Å²) in [7, 11) is 0. The van der Waals surface area contributed by atoms with Crippen LogP contribution >= 0.6 is 0 Å². The zero-order valence-electron chi connectivity index (χ0n) is 9.06. The summed E-state index contributed by atoms with van der Waals surface area (Å²) in [6, 6.07) is 0. The Hall–Kier alpha value is -0.500. The maximum Gasteiger partial charge on any atom is 0.187 e. The van der Waals surface area contributed by atoms with Crippen molar-refractivity contribution in [2.24, 2.45) is 0 Å². The van der Waals surface area contributed by atoms with E-state index in [1.54, 1.807) is 6.92 Å². The standard InChI is InChI=1S/C10H18O6/c1-3-5(2)15-10-9(14)8(13)7(12)6(4-11)16-10/h3,5-14H,1,4H2,2H3/t5?,6-,7-,8+,9-,10-/m1/s1. The minimum Gasteiger partial charge on any atom is -0.394 e. The van der Waals surface area contributed by atoms with Crippen LogP contribution in [0, 0.1) is 0 Å². The Bertz CT molecular complexity index is 231. The predicted octanol–water partition coefficient (Wildman–Crippen LogP) is -1.62. The van der Waals surface area contributed by atoms with E-state index in [1.165, 1.54) is 6.08 Å². The van der Waals surface area contributed by atoms with Crippen LogP contribution in [0.1, 0.15) is 6.92 Å². The molecule has 0 aromatic carbocycles. The molecule has 94 valence electrons. The van der Waals surface area contributed by atoms with Crippen molar-refractivity contribution in [2.45, 2.75) is 43.7 Å². The van der Waals surface area contributed by atoms with Crippen molar-refractivity contribution >= 4 is 0 Å². The Morgan fingerprint density at radius 2 is 1.94 bits per heavy atom. The minimum absolute atomic E-state index is 0.374. The lowest BCUT2D eigenvalue weighted by molar-refractivity contribution is -0.306. The molecule has 1 aliphatic rings. The molecule has 0 spiro atoms. The molecule has 1 aliphatic heterocycles. The van der Waals surface area contributed by atoms with Crippen molar-refractivity contribution in [1.82, 2.24) is 0 Å². The topological polar surface area (TPSA) is 99.4 Å². The highest BCUT2D eigenvalue weighted by molar-refractivity contribution is 4.90. The fourth-order valence-corrected chi connectivity index (χ4v) is 1.45. The van der Waals surface area contributed by atoms with Gasteiger partial charge in [-0.15, -0.1) is 6.58 Å². The molecule has 0 aromatic rings. The second-order valence-corrected chi connectivity index (χ2v) is 3.77. The third-order valence-corrected chi connectivity index (χ3v) is 2.53. The van der Waals surface area contributed by atoms with Crippen molar-refractivity contribution in [3.05, 3.63) is 12.7 Å². The molecule has 1 fully saturated rings. The van der Waals surface area contributed by atoms with Gasteiger partial charge in [0.05, 0.1) is 12.7 Å². The molecule has 16 heavy (non-hydrogen) atoms.